The van der Waals surface area contributed by atoms with Crippen molar-refractivity contribution in [3.05, 3.63) is 94.0 Å². The summed E-state index contributed by atoms with van der Waals surface area (Å²) >= 11 is 0. The van der Waals surface area contributed by atoms with Crippen molar-refractivity contribution in [1.82, 2.24) is 0 Å². The largest absolute Gasteiger partial charge is 0.497 e. The standard InChI is InChI=1S/C26H29NO3S/c1-17-8-12-24-20(14-17)9-10-21-16-23(30-3)11-13-25(21)26(24)18(2)19-6-5-7-22(15-19)27-31(4,28)29/h5-8,11-16,18,26-27H,9-10H2,1-4H3. The Bertz CT molecular complexity index is 1220. The average molecular weight is 436 g/mol. The monoisotopic (exact) mass is 435 g/mol. The molecule has 0 spiro atoms. The minimum absolute atomic E-state index is 0.160. The summed E-state index contributed by atoms with van der Waals surface area (Å²) in [7, 11) is -1.62. The minimum atomic E-state index is -3.32. The first kappa shape index (κ1) is 21.4. The fourth-order valence-electron chi connectivity index (χ4n) is 4.75. The van der Waals surface area contributed by atoms with Crippen LogP contribution in [0.25, 0.3) is 0 Å². The number of anilines is 1. The Morgan fingerprint density at radius 3 is 2.32 bits per heavy atom. The predicted molar refractivity (Wildman–Crippen MR) is 127 cm³/mol. The summed E-state index contributed by atoms with van der Waals surface area (Å²) in [5, 5.41) is 0. The van der Waals surface area contributed by atoms with Crippen LogP contribution < -0.4 is 9.46 Å². The summed E-state index contributed by atoms with van der Waals surface area (Å²) in [6, 6.07) is 20.9. The molecule has 5 heteroatoms. The van der Waals surface area contributed by atoms with E-state index in [1.807, 2.05) is 18.2 Å². The Balaban J connectivity index is 1.84. The molecular weight excluding hydrogens is 406 g/mol. The molecule has 0 radical (unpaired) electrons. The van der Waals surface area contributed by atoms with Gasteiger partial charge in [-0.05, 0) is 77.8 Å². The Kier molecular flexibility index (Phi) is 5.80. The van der Waals surface area contributed by atoms with Gasteiger partial charge in [-0.3, -0.25) is 4.72 Å². The molecule has 3 aromatic carbocycles. The van der Waals surface area contributed by atoms with Gasteiger partial charge in [-0.2, -0.15) is 0 Å². The predicted octanol–water partition coefficient (Wildman–Crippen LogP) is 5.41. The third-order valence-corrected chi connectivity index (χ3v) is 6.80. The van der Waals surface area contributed by atoms with E-state index in [0.717, 1.165) is 24.2 Å². The van der Waals surface area contributed by atoms with E-state index in [0.29, 0.717) is 5.69 Å². The molecule has 0 amide bonds. The third kappa shape index (κ3) is 4.62. The van der Waals surface area contributed by atoms with Crippen LogP contribution in [-0.4, -0.2) is 21.8 Å². The number of hydrogen-bond acceptors (Lipinski definition) is 3. The molecule has 31 heavy (non-hydrogen) atoms. The molecule has 1 aliphatic rings. The quantitative estimate of drug-likeness (QED) is 0.583. The van der Waals surface area contributed by atoms with Gasteiger partial charge in [0.15, 0.2) is 0 Å². The van der Waals surface area contributed by atoms with Gasteiger partial charge in [0.05, 0.1) is 13.4 Å². The molecule has 1 aliphatic carbocycles. The lowest BCUT2D eigenvalue weighted by Gasteiger charge is -2.28. The van der Waals surface area contributed by atoms with Gasteiger partial charge < -0.3 is 4.74 Å². The average Bonchev–Trinajstić information content (AvgIpc) is 2.88. The lowest BCUT2D eigenvalue weighted by atomic mass is 9.76. The highest BCUT2D eigenvalue weighted by Crippen LogP contribution is 2.44. The zero-order valence-corrected chi connectivity index (χ0v) is 19.3. The van der Waals surface area contributed by atoms with Crippen molar-refractivity contribution in [1.29, 1.82) is 0 Å². The number of nitrogens with one attached hydrogen (secondary N) is 1. The number of aryl methyl sites for hydroxylation is 3. The smallest absolute Gasteiger partial charge is 0.229 e. The van der Waals surface area contributed by atoms with E-state index in [1.165, 1.54) is 34.1 Å². The number of methoxy groups -OCH3 is 1. The molecule has 0 heterocycles. The first-order valence-corrected chi connectivity index (χ1v) is 12.5. The van der Waals surface area contributed by atoms with Gasteiger partial charge in [-0.15, -0.1) is 0 Å². The van der Waals surface area contributed by atoms with Gasteiger partial charge in [0.2, 0.25) is 10.0 Å². The molecular formula is C26H29NO3S. The van der Waals surface area contributed by atoms with Gasteiger partial charge >= 0.3 is 0 Å². The van der Waals surface area contributed by atoms with Crippen molar-refractivity contribution in [3.63, 3.8) is 0 Å². The second-order valence-corrected chi connectivity index (χ2v) is 10.3. The van der Waals surface area contributed by atoms with E-state index in [-0.39, 0.29) is 11.8 Å². The van der Waals surface area contributed by atoms with Crippen LogP contribution in [0.2, 0.25) is 0 Å². The van der Waals surface area contributed by atoms with Crippen molar-refractivity contribution >= 4 is 15.7 Å². The van der Waals surface area contributed by atoms with Crippen molar-refractivity contribution in [2.24, 2.45) is 0 Å². The molecule has 1 N–H and O–H groups in total. The van der Waals surface area contributed by atoms with Gasteiger partial charge in [-0.1, -0.05) is 48.9 Å². The maximum Gasteiger partial charge on any atom is 0.229 e. The number of fused-ring (bicyclic) bond motifs is 2. The Morgan fingerprint density at radius 1 is 0.968 bits per heavy atom. The fraction of sp³-hybridized carbons (Fsp3) is 0.308. The molecule has 4 rings (SSSR count). The highest BCUT2D eigenvalue weighted by molar-refractivity contribution is 7.92. The molecule has 3 aromatic rings. The number of ether oxygens (including phenoxy) is 1. The topological polar surface area (TPSA) is 55.4 Å². The fourth-order valence-corrected chi connectivity index (χ4v) is 5.31. The van der Waals surface area contributed by atoms with Gasteiger partial charge in [0.25, 0.3) is 0 Å². The lowest BCUT2D eigenvalue weighted by Crippen LogP contribution is -2.14. The van der Waals surface area contributed by atoms with E-state index in [2.05, 4.69) is 55.0 Å². The SMILES string of the molecule is COc1ccc2c(c1)CCc1cc(C)ccc1C2C(C)c1cccc(NS(C)(=O)=O)c1. The van der Waals surface area contributed by atoms with Gasteiger partial charge in [-0.25, -0.2) is 8.42 Å². The van der Waals surface area contributed by atoms with E-state index in [1.54, 1.807) is 13.2 Å². The van der Waals surface area contributed by atoms with Crippen LogP contribution in [-0.2, 0) is 22.9 Å². The number of benzene rings is 3. The molecule has 2 atom stereocenters. The third-order valence-electron chi connectivity index (χ3n) is 6.20. The maximum absolute atomic E-state index is 11.7. The molecule has 0 fully saturated rings. The number of sulfonamides is 1. The van der Waals surface area contributed by atoms with Crippen LogP contribution >= 0.6 is 0 Å². The van der Waals surface area contributed by atoms with Crippen molar-refractivity contribution in [3.8, 4) is 5.75 Å². The molecule has 2 unspecified atom stereocenters. The van der Waals surface area contributed by atoms with Crippen molar-refractivity contribution in [2.45, 2.75) is 38.5 Å². The molecule has 162 valence electrons. The van der Waals surface area contributed by atoms with Crippen LogP contribution in [0.4, 0.5) is 5.69 Å². The summed E-state index contributed by atoms with van der Waals surface area (Å²) in [5.41, 5.74) is 8.34. The van der Waals surface area contributed by atoms with Crippen LogP contribution in [0.1, 0.15) is 52.1 Å². The summed E-state index contributed by atoms with van der Waals surface area (Å²) in [4.78, 5) is 0. The normalized spacial score (nSPS) is 16.6. The van der Waals surface area contributed by atoms with E-state index in [9.17, 15) is 8.42 Å². The lowest BCUT2D eigenvalue weighted by molar-refractivity contribution is 0.414. The van der Waals surface area contributed by atoms with E-state index in [4.69, 9.17) is 4.74 Å². The van der Waals surface area contributed by atoms with E-state index < -0.39 is 10.0 Å². The molecule has 0 saturated carbocycles. The zero-order valence-electron chi connectivity index (χ0n) is 18.5. The van der Waals surface area contributed by atoms with Crippen molar-refractivity contribution in [2.75, 3.05) is 18.1 Å². The summed E-state index contributed by atoms with van der Waals surface area (Å²) in [6.45, 7) is 4.37. The summed E-state index contributed by atoms with van der Waals surface area (Å²) in [5.74, 6) is 1.21. The van der Waals surface area contributed by atoms with Crippen LogP contribution in [0.3, 0.4) is 0 Å². The second-order valence-electron chi connectivity index (χ2n) is 8.53. The Hall–Kier alpha value is -2.79. The second kappa shape index (κ2) is 8.39. The van der Waals surface area contributed by atoms with Crippen molar-refractivity contribution < 1.29 is 13.2 Å². The molecule has 0 saturated heterocycles. The summed E-state index contributed by atoms with van der Waals surface area (Å²) in [6.07, 6.45) is 3.15. The highest BCUT2D eigenvalue weighted by atomic mass is 32.2. The first-order chi connectivity index (χ1) is 14.7. The Labute approximate surface area is 185 Å². The number of rotatable bonds is 5. The first-order valence-electron chi connectivity index (χ1n) is 10.6. The minimum Gasteiger partial charge on any atom is -0.497 e. The zero-order chi connectivity index (χ0) is 22.2. The molecule has 0 aliphatic heterocycles. The van der Waals surface area contributed by atoms with Crippen LogP contribution in [0, 0.1) is 6.92 Å². The number of hydrogen-bond donors (Lipinski definition) is 1. The molecule has 0 aromatic heterocycles. The van der Waals surface area contributed by atoms with Crippen LogP contribution in [0.5, 0.6) is 5.75 Å². The van der Waals surface area contributed by atoms with Gasteiger partial charge in [0, 0.05) is 11.6 Å². The maximum atomic E-state index is 11.7. The van der Waals surface area contributed by atoms with Crippen LogP contribution in [0.15, 0.2) is 60.7 Å². The van der Waals surface area contributed by atoms with E-state index >= 15 is 0 Å². The molecule has 4 nitrogen and oxygen atoms in total. The highest BCUT2D eigenvalue weighted by Gasteiger charge is 2.29. The van der Waals surface area contributed by atoms with Gasteiger partial charge in [0.1, 0.15) is 5.75 Å². The Morgan fingerprint density at radius 2 is 1.65 bits per heavy atom. The molecule has 0 bridgehead atoms. The summed E-state index contributed by atoms with van der Waals surface area (Å²) < 4.78 is 31.6.